The molecule has 2 aromatic heterocycles. The van der Waals surface area contributed by atoms with Crippen LogP contribution in [0.2, 0.25) is 0 Å². The molecule has 0 saturated carbocycles. The van der Waals surface area contributed by atoms with E-state index in [0.717, 1.165) is 24.4 Å². The van der Waals surface area contributed by atoms with Crippen LogP contribution in [0.15, 0.2) is 45.6 Å². The number of furan rings is 2. The van der Waals surface area contributed by atoms with Gasteiger partial charge in [-0.2, -0.15) is 0 Å². The molecule has 2 heterocycles. The van der Waals surface area contributed by atoms with Crippen molar-refractivity contribution in [2.24, 2.45) is 0 Å². The minimum atomic E-state index is 1.09. The average Bonchev–Trinajstić information content (AvgIpc) is 3.10. The van der Waals surface area contributed by atoms with E-state index in [1.54, 1.807) is 12.5 Å². The van der Waals surface area contributed by atoms with Crippen LogP contribution in [0.1, 0.15) is 56.5 Å². The van der Waals surface area contributed by atoms with Crippen molar-refractivity contribution in [2.75, 3.05) is 0 Å². The molecule has 0 aliphatic heterocycles. The maximum Gasteiger partial charge on any atom is 0.103 e. The molecule has 0 N–H and O–H groups in total. The summed E-state index contributed by atoms with van der Waals surface area (Å²) >= 11 is 0. The Bertz CT molecular complexity index is 360. The van der Waals surface area contributed by atoms with Gasteiger partial charge in [-0.3, -0.25) is 0 Å². The van der Waals surface area contributed by atoms with Gasteiger partial charge in [-0.1, -0.05) is 32.1 Å². The van der Waals surface area contributed by atoms with E-state index >= 15 is 0 Å². The fraction of sp³-hybridized carbons (Fsp3) is 0.529. The molecule has 2 heteroatoms. The first kappa shape index (κ1) is 14.0. The highest BCUT2D eigenvalue weighted by Gasteiger charge is 1.97. The van der Waals surface area contributed by atoms with E-state index in [0.29, 0.717) is 0 Å². The molecule has 19 heavy (non-hydrogen) atoms. The summed E-state index contributed by atoms with van der Waals surface area (Å²) in [5, 5.41) is 0. The van der Waals surface area contributed by atoms with Crippen molar-refractivity contribution in [3.63, 3.8) is 0 Å². The Kier molecular flexibility index (Phi) is 6.35. The SMILES string of the molecule is c1coc(CCCCCCCCCc2ccco2)c1. The third kappa shape index (κ3) is 5.82. The molecular formula is C17H24O2. The molecule has 0 aliphatic carbocycles. The molecule has 0 radical (unpaired) electrons. The lowest BCUT2D eigenvalue weighted by atomic mass is 10.1. The third-order valence-electron chi connectivity index (χ3n) is 3.51. The van der Waals surface area contributed by atoms with Crippen LogP contribution < -0.4 is 0 Å². The molecule has 0 saturated heterocycles. The van der Waals surface area contributed by atoms with Crippen LogP contribution >= 0.6 is 0 Å². The quantitative estimate of drug-likeness (QED) is 0.535. The predicted octanol–water partition coefficient (Wildman–Crippen LogP) is 5.39. The van der Waals surface area contributed by atoms with Crippen LogP contribution in [-0.2, 0) is 12.8 Å². The summed E-state index contributed by atoms with van der Waals surface area (Å²) in [5.41, 5.74) is 0. The largest absolute Gasteiger partial charge is 0.469 e. The van der Waals surface area contributed by atoms with Gasteiger partial charge < -0.3 is 8.83 Å². The van der Waals surface area contributed by atoms with Gasteiger partial charge in [-0.05, 0) is 37.1 Å². The van der Waals surface area contributed by atoms with E-state index in [1.165, 1.54) is 44.9 Å². The standard InChI is InChI=1S/C17H24O2/c1(2-4-6-10-16-12-8-14-18-16)3-5-7-11-17-13-9-15-19-17/h8-9,12-15H,1-7,10-11H2. The predicted molar refractivity (Wildman–Crippen MR) is 77.1 cm³/mol. The first-order valence-electron chi connectivity index (χ1n) is 7.50. The molecule has 2 nitrogen and oxygen atoms in total. The highest BCUT2D eigenvalue weighted by atomic mass is 16.3. The second-order valence-corrected chi connectivity index (χ2v) is 5.13. The van der Waals surface area contributed by atoms with Crippen molar-refractivity contribution >= 4 is 0 Å². The number of rotatable bonds is 10. The van der Waals surface area contributed by atoms with E-state index in [9.17, 15) is 0 Å². The molecule has 2 aromatic rings. The molecule has 0 aromatic carbocycles. The van der Waals surface area contributed by atoms with Crippen molar-refractivity contribution in [3.05, 3.63) is 48.3 Å². The maximum atomic E-state index is 5.32. The minimum Gasteiger partial charge on any atom is -0.469 e. The first-order valence-corrected chi connectivity index (χ1v) is 7.50. The van der Waals surface area contributed by atoms with Gasteiger partial charge in [-0.15, -0.1) is 0 Å². The average molecular weight is 260 g/mol. The van der Waals surface area contributed by atoms with Gasteiger partial charge in [0.15, 0.2) is 0 Å². The number of hydrogen-bond acceptors (Lipinski definition) is 2. The Labute approximate surface area is 115 Å². The lowest BCUT2D eigenvalue weighted by Gasteiger charge is -2.01. The first-order chi connectivity index (χ1) is 9.45. The summed E-state index contributed by atoms with van der Waals surface area (Å²) < 4.78 is 10.6. The second-order valence-electron chi connectivity index (χ2n) is 5.13. The van der Waals surface area contributed by atoms with Gasteiger partial charge >= 0.3 is 0 Å². The number of unbranched alkanes of at least 4 members (excludes halogenated alkanes) is 6. The van der Waals surface area contributed by atoms with Crippen molar-refractivity contribution in [1.29, 1.82) is 0 Å². The zero-order valence-electron chi connectivity index (χ0n) is 11.6. The monoisotopic (exact) mass is 260 g/mol. The fourth-order valence-corrected chi connectivity index (χ4v) is 2.39. The van der Waals surface area contributed by atoms with Crippen molar-refractivity contribution < 1.29 is 8.83 Å². The highest BCUT2D eigenvalue weighted by molar-refractivity contribution is 4.98. The molecular weight excluding hydrogens is 236 g/mol. The van der Waals surface area contributed by atoms with Crippen LogP contribution in [0.4, 0.5) is 0 Å². The molecule has 0 amide bonds. The van der Waals surface area contributed by atoms with Crippen LogP contribution in [0.3, 0.4) is 0 Å². The zero-order chi connectivity index (χ0) is 13.2. The summed E-state index contributed by atoms with van der Waals surface area (Å²) in [6.45, 7) is 0. The summed E-state index contributed by atoms with van der Waals surface area (Å²) in [6.07, 6.45) is 14.9. The summed E-state index contributed by atoms with van der Waals surface area (Å²) in [6, 6.07) is 8.06. The molecule has 0 spiro atoms. The number of aryl methyl sites for hydroxylation is 2. The molecule has 0 unspecified atom stereocenters. The van der Waals surface area contributed by atoms with Gasteiger partial charge in [0.25, 0.3) is 0 Å². The van der Waals surface area contributed by atoms with E-state index in [2.05, 4.69) is 12.1 Å². The summed E-state index contributed by atoms with van der Waals surface area (Å²) in [7, 11) is 0. The Hall–Kier alpha value is -1.44. The Morgan fingerprint density at radius 2 is 1.00 bits per heavy atom. The van der Waals surface area contributed by atoms with E-state index in [-0.39, 0.29) is 0 Å². The highest BCUT2D eigenvalue weighted by Crippen LogP contribution is 2.12. The van der Waals surface area contributed by atoms with Crippen molar-refractivity contribution in [3.8, 4) is 0 Å². The van der Waals surface area contributed by atoms with E-state index in [1.807, 2.05) is 12.1 Å². The fourth-order valence-electron chi connectivity index (χ4n) is 2.39. The third-order valence-corrected chi connectivity index (χ3v) is 3.51. The molecule has 0 fully saturated rings. The Morgan fingerprint density at radius 1 is 0.579 bits per heavy atom. The van der Waals surface area contributed by atoms with Crippen LogP contribution in [0.25, 0.3) is 0 Å². The molecule has 0 aliphatic rings. The summed E-state index contributed by atoms with van der Waals surface area (Å²) in [4.78, 5) is 0. The smallest absolute Gasteiger partial charge is 0.103 e. The summed E-state index contributed by atoms with van der Waals surface area (Å²) in [5.74, 6) is 2.25. The van der Waals surface area contributed by atoms with Gasteiger partial charge in [0.05, 0.1) is 12.5 Å². The topological polar surface area (TPSA) is 26.3 Å². The minimum absolute atomic E-state index is 1.09. The van der Waals surface area contributed by atoms with E-state index < -0.39 is 0 Å². The van der Waals surface area contributed by atoms with Crippen LogP contribution in [0.5, 0.6) is 0 Å². The maximum absolute atomic E-state index is 5.32. The van der Waals surface area contributed by atoms with Gasteiger partial charge in [0.1, 0.15) is 11.5 Å². The van der Waals surface area contributed by atoms with Gasteiger partial charge in [0, 0.05) is 12.8 Å². The molecule has 0 bridgehead atoms. The lowest BCUT2D eigenvalue weighted by molar-refractivity contribution is 0.483. The normalized spacial score (nSPS) is 10.9. The second kappa shape index (κ2) is 8.63. The van der Waals surface area contributed by atoms with Crippen LogP contribution in [0, 0.1) is 0 Å². The van der Waals surface area contributed by atoms with Crippen molar-refractivity contribution in [1.82, 2.24) is 0 Å². The molecule has 2 rings (SSSR count). The van der Waals surface area contributed by atoms with Crippen molar-refractivity contribution in [2.45, 2.75) is 57.8 Å². The van der Waals surface area contributed by atoms with Crippen LogP contribution in [-0.4, -0.2) is 0 Å². The van der Waals surface area contributed by atoms with Gasteiger partial charge in [0.2, 0.25) is 0 Å². The van der Waals surface area contributed by atoms with Gasteiger partial charge in [-0.25, -0.2) is 0 Å². The zero-order valence-corrected chi connectivity index (χ0v) is 11.6. The molecule has 0 atom stereocenters. The van der Waals surface area contributed by atoms with E-state index in [4.69, 9.17) is 8.83 Å². The number of hydrogen-bond donors (Lipinski definition) is 0. The molecule has 104 valence electrons. The Morgan fingerprint density at radius 3 is 1.37 bits per heavy atom. The Balaban J connectivity index is 1.36. The lowest BCUT2D eigenvalue weighted by Crippen LogP contribution is -1.86.